The van der Waals surface area contributed by atoms with Crippen LogP contribution in [-0.4, -0.2) is 0 Å². The first kappa shape index (κ1) is 28.9. The highest BCUT2D eigenvalue weighted by molar-refractivity contribution is 6.22. The fraction of sp³-hybridized carbons (Fsp3) is 0.120. The normalized spacial score (nSPS) is 15.0. The van der Waals surface area contributed by atoms with E-state index in [9.17, 15) is 0 Å². The van der Waals surface area contributed by atoms with E-state index in [4.69, 9.17) is 4.42 Å². The van der Waals surface area contributed by atoms with Crippen molar-refractivity contribution in [2.75, 3.05) is 0 Å². The third kappa shape index (κ3) is 3.76. The Morgan fingerprint density at radius 3 is 1.43 bits per heavy atom. The number of hydrogen-bond acceptors (Lipinski definition) is 1. The smallest absolute Gasteiger partial charge is 0.136 e. The third-order valence-corrected chi connectivity index (χ3v) is 12.3. The van der Waals surface area contributed by atoms with Gasteiger partial charge in [0.1, 0.15) is 11.2 Å². The van der Waals surface area contributed by atoms with Crippen LogP contribution in [0, 0.1) is 0 Å². The van der Waals surface area contributed by atoms with Crippen molar-refractivity contribution in [2.24, 2.45) is 0 Å². The molecule has 0 aliphatic heterocycles. The predicted octanol–water partition coefficient (Wildman–Crippen LogP) is 13.8. The highest BCUT2D eigenvalue weighted by Gasteiger charge is 2.41. The van der Waals surface area contributed by atoms with Gasteiger partial charge in [-0.1, -0.05) is 137 Å². The number of para-hydroxylation sites is 1. The maximum absolute atomic E-state index is 6.38. The van der Waals surface area contributed by atoms with Crippen molar-refractivity contribution < 1.29 is 4.42 Å². The Bertz CT molecular complexity index is 2910. The number of hydrogen-bond donors (Lipinski definition) is 0. The quantitative estimate of drug-likeness (QED) is 0.169. The average molecular weight is 653 g/mol. The van der Waals surface area contributed by atoms with E-state index in [2.05, 4.69) is 167 Å². The minimum Gasteiger partial charge on any atom is -0.456 e. The summed E-state index contributed by atoms with van der Waals surface area (Å²) < 4.78 is 6.38. The molecule has 1 nitrogen and oxygen atoms in total. The van der Waals surface area contributed by atoms with E-state index in [-0.39, 0.29) is 10.8 Å². The molecule has 0 amide bonds. The van der Waals surface area contributed by atoms with E-state index < -0.39 is 0 Å². The molecule has 0 spiro atoms. The molecule has 1 aromatic heterocycles. The van der Waals surface area contributed by atoms with Gasteiger partial charge in [-0.15, -0.1) is 0 Å². The highest BCUT2D eigenvalue weighted by Crippen LogP contribution is 2.57. The van der Waals surface area contributed by atoms with Gasteiger partial charge in [-0.25, -0.2) is 0 Å². The number of fused-ring (bicyclic) bond motifs is 11. The maximum Gasteiger partial charge on any atom is 0.136 e. The van der Waals surface area contributed by atoms with Crippen LogP contribution < -0.4 is 0 Å². The summed E-state index contributed by atoms with van der Waals surface area (Å²) in [5.41, 5.74) is 17.9. The maximum atomic E-state index is 6.38. The lowest BCUT2D eigenvalue weighted by Crippen LogP contribution is -2.16. The number of benzene rings is 8. The van der Waals surface area contributed by atoms with Crippen molar-refractivity contribution in [2.45, 2.75) is 38.5 Å². The summed E-state index contributed by atoms with van der Waals surface area (Å²) in [6, 6.07) is 54.2. The van der Waals surface area contributed by atoms with Gasteiger partial charge in [-0.3, -0.25) is 0 Å². The monoisotopic (exact) mass is 652 g/mol. The van der Waals surface area contributed by atoms with E-state index in [1.54, 1.807) is 0 Å². The lowest BCUT2D eigenvalue weighted by molar-refractivity contribution is 0.652. The summed E-state index contributed by atoms with van der Waals surface area (Å²) in [5, 5.41) is 7.33. The van der Waals surface area contributed by atoms with Crippen LogP contribution in [0.1, 0.15) is 49.9 Å². The van der Waals surface area contributed by atoms with E-state index in [1.165, 1.54) is 88.3 Å². The van der Waals surface area contributed by atoms with Crippen LogP contribution in [0.15, 0.2) is 150 Å². The largest absolute Gasteiger partial charge is 0.456 e. The fourth-order valence-electron chi connectivity index (χ4n) is 9.73. The minimum absolute atomic E-state index is 0.0426. The summed E-state index contributed by atoms with van der Waals surface area (Å²) in [6.07, 6.45) is 0. The zero-order valence-corrected chi connectivity index (χ0v) is 29.3. The molecular formula is C50H36O. The Hall–Kier alpha value is -5.92. The highest BCUT2D eigenvalue weighted by atomic mass is 16.3. The van der Waals surface area contributed by atoms with Crippen molar-refractivity contribution in [3.05, 3.63) is 168 Å². The molecular weight excluding hydrogens is 617 g/mol. The number of furan rings is 1. The zero-order chi connectivity index (χ0) is 34.2. The molecule has 9 aromatic rings. The summed E-state index contributed by atoms with van der Waals surface area (Å²) in [4.78, 5) is 0. The molecule has 0 N–H and O–H groups in total. The van der Waals surface area contributed by atoms with E-state index >= 15 is 0 Å². The predicted molar refractivity (Wildman–Crippen MR) is 215 cm³/mol. The SMILES string of the molecule is CC1(C)c2ccccc2-c2cc3c(cc21)-c1cc(-c2c4ccccc4c(-c4ccc5c(c4)oc4ccccc45)c4ccccc24)ccc1C3(C)C. The standard InChI is InChI=1S/C50H36O/c1-49(2)41-19-11-9-13-31(41)39-27-44-40(28-43(39)49)38-25-29(22-24-42(38)50(44,3)4)47-34-15-5-7-17-36(34)48(37-18-8-6-16-35(37)47)30-21-23-33-32-14-10-12-20-45(32)51-46(33)26-30/h5-28H,1-4H3. The van der Waals surface area contributed by atoms with Gasteiger partial charge in [0.05, 0.1) is 0 Å². The van der Waals surface area contributed by atoms with Gasteiger partial charge in [-0.2, -0.15) is 0 Å². The van der Waals surface area contributed by atoms with Crippen molar-refractivity contribution in [1.82, 2.24) is 0 Å². The molecule has 0 atom stereocenters. The molecule has 0 fully saturated rings. The van der Waals surface area contributed by atoms with Gasteiger partial charge in [0.2, 0.25) is 0 Å². The second kappa shape index (κ2) is 9.86. The molecule has 0 unspecified atom stereocenters. The Morgan fingerprint density at radius 2 is 0.784 bits per heavy atom. The van der Waals surface area contributed by atoms with Gasteiger partial charge in [0.15, 0.2) is 0 Å². The van der Waals surface area contributed by atoms with Gasteiger partial charge in [0.25, 0.3) is 0 Å². The molecule has 242 valence electrons. The molecule has 0 saturated heterocycles. The first-order valence-electron chi connectivity index (χ1n) is 18.1. The summed E-state index contributed by atoms with van der Waals surface area (Å²) in [6.45, 7) is 9.56. The van der Waals surface area contributed by atoms with Crippen LogP contribution in [-0.2, 0) is 10.8 Å². The molecule has 8 aromatic carbocycles. The average Bonchev–Trinajstić information content (AvgIpc) is 3.72. The van der Waals surface area contributed by atoms with Gasteiger partial charge < -0.3 is 4.42 Å². The molecule has 2 aliphatic carbocycles. The molecule has 1 heterocycles. The van der Waals surface area contributed by atoms with Crippen molar-refractivity contribution in [1.29, 1.82) is 0 Å². The van der Waals surface area contributed by atoms with Crippen LogP contribution in [0.4, 0.5) is 0 Å². The third-order valence-electron chi connectivity index (χ3n) is 12.3. The van der Waals surface area contributed by atoms with Gasteiger partial charge >= 0.3 is 0 Å². The Morgan fingerprint density at radius 1 is 0.333 bits per heavy atom. The lowest BCUT2D eigenvalue weighted by Gasteiger charge is -2.24. The van der Waals surface area contributed by atoms with Crippen LogP contribution >= 0.6 is 0 Å². The Labute approximate surface area is 297 Å². The summed E-state index contributed by atoms with van der Waals surface area (Å²) >= 11 is 0. The molecule has 11 rings (SSSR count). The van der Waals surface area contributed by atoms with Crippen LogP contribution in [0.3, 0.4) is 0 Å². The Kier molecular flexibility index (Phi) is 5.58. The van der Waals surface area contributed by atoms with Crippen molar-refractivity contribution in [3.63, 3.8) is 0 Å². The second-order valence-electron chi connectivity index (χ2n) is 15.6. The van der Waals surface area contributed by atoms with E-state index in [1.807, 2.05) is 6.07 Å². The molecule has 51 heavy (non-hydrogen) atoms. The first-order valence-corrected chi connectivity index (χ1v) is 18.1. The minimum atomic E-state index is -0.0941. The Balaban J connectivity index is 1.15. The van der Waals surface area contributed by atoms with Crippen molar-refractivity contribution >= 4 is 43.5 Å². The molecule has 0 saturated carbocycles. The summed E-state index contributed by atoms with van der Waals surface area (Å²) in [7, 11) is 0. The van der Waals surface area contributed by atoms with E-state index in [0.717, 1.165) is 21.9 Å². The topological polar surface area (TPSA) is 13.1 Å². The summed E-state index contributed by atoms with van der Waals surface area (Å²) in [5.74, 6) is 0. The van der Waals surface area contributed by atoms with Crippen LogP contribution in [0.2, 0.25) is 0 Å². The lowest BCUT2D eigenvalue weighted by atomic mass is 9.79. The molecule has 0 radical (unpaired) electrons. The van der Waals surface area contributed by atoms with E-state index in [0.29, 0.717) is 0 Å². The van der Waals surface area contributed by atoms with Crippen LogP contribution in [0.5, 0.6) is 0 Å². The number of rotatable bonds is 2. The van der Waals surface area contributed by atoms with Crippen LogP contribution in [0.25, 0.3) is 88.0 Å². The van der Waals surface area contributed by atoms with Crippen molar-refractivity contribution in [3.8, 4) is 44.5 Å². The fourth-order valence-corrected chi connectivity index (χ4v) is 9.73. The second-order valence-corrected chi connectivity index (χ2v) is 15.6. The molecule has 0 bridgehead atoms. The zero-order valence-electron chi connectivity index (χ0n) is 29.3. The first-order chi connectivity index (χ1) is 24.8. The van der Waals surface area contributed by atoms with Gasteiger partial charge in [0, 0.05) is 21.6 Å². The molecule has 1 heteroatoms. The van der Waals surface area contributed by atoms with Gasteiger partial charge in [-0.05, 0) is 125 Å². The molecule has 2 aliphatic rings.